The summed E-state index contributed by atoms with van der Waals surface area (Å²) in [6.45, 7) is 0.497. The molecule has 82 valence electrons. The van der Waals surface area contributed by atoms with Crippen LogP contribution in [-0.2, 0) is 11.3 Å². The predicted octanol–water partition coefficient (Wildman–Crippen LogP) is 1.63. The van der Waals surface area contributed by atoms with Crippen LogP contribution >= 0.6 is 12.6 Å². The van der Waals surface area contributed by atoms with Gasteiger partial charge in [0.1, 0.15) is 5.75 Å². The summed E-state index contributed by atoms with van der Waals surface area (Å²) in [6.07, 6.45) is 0.443. The number of para-hydroxylation sites is 1. The molecule has 0 radical (unpaired) electrons. The Morgan fingerprint density at radius 1 is 1.47 bits per heavy atom. The minimum absolute atomic E-state index is 0.0101. The SMILES string of the molecule is COc1ccccc1CNC(=O)CCS. The number of benzene rings is 1. The van der Waals surface area contributed by atoms with Gasteiger partial charge in [0.05, 0.1) is 7.11 Å². The van der Waals surface area contributed by atoms with Gasteiger partial charge in [-0.25, -0.2) is 0 Å². The largest absolute Gasteiger partial charge is 0.496 e. The summed E-state index contributed by atoms with van der Waals surface area (Å²) >= 11 is 3.99. The van der Waals surface area contributed by atoms with Gasteiger partial charge in [-0.05, 0) is 11.8 Å². The fraction of sp³-hybridized carbons (Fsp3) is 0.364. The summed E-state index contributed by atoms with van der Waals surface area (Å²) < 4.78 is 5.17. The lowest BCUT2D eigenvalue weighted by Gasteiger charge is -2.08. The van der Waals surface area contributed by atoms with Crippen LogP contribution in [0.25, 0.3) is 0 Å². The van der Waals surface area contributed by atoms with E-state index in [4.69, 9.17) is 4.74 Å². The van der Waals surface area contributed by atoms with Crippen LogP contribution in [0.15, 0.2) is 24.3 Å². The first-order valence-corrected chi connectivity index (χ1v) is 5.40. The number of nitrogens with one attached hydrogen (secondary N) is 1. The molecular weight excluding hydrogens is 210 g/mol. The lowest BCUT2D eigenvalue weighted by atomic mass is 10.2. The molecule has 0 spiro atoms. The molecule has 1 rings (SSSR count). The molecule has 1 aromatic rings. The van der Waals surface area contributed by atoms with Gasteiger partial charge in [-0.3, -0.25) is 4.79 Å². The molecule has 3 nitrogen and oxygen atoms in total. The normalized spacial score (nSPS) is 9.73. The second-order valence-corrected chi connectivity index (χ2v) is 3.51. The second kappa shape index (κ2) is 6.35. The monoisotopic (exact) mass is 225 g/mol. The molecule has 0 unspecified atom stereocenters. The molecule has 1 aromatic carbocycles. The van der Waals surface area contributed by atoms with Crippen LogP contribution in [-0.4, -0.2) is 18.8 Å². The quantitative estimate of drug-likeness (QED) is 0.748. The third kappa shape index (κ3) is 3.83. The highest BCUT2D eigenvalue weighted by Gasteiger charge is 2.03. The van der Waals surface area contributed by atoms with E-state index >= 15 is 0 Å². The van der Waals surface area contributed by atoms with E-state index in [1.165, 1.54) is 0 Å². The Labute approximate surface area is 95.2 Å². The number of methoxy groups -OCH3 is 1. The fourth-order valence-corrected chi connectivity index (χ4v) is 1.44. The van der Waals surface area contributed by atoms with Gasteiger partial charge in [0.2, 0.25) is 5.91 Å². The maximum Gasteiger partial charge on any atom is 0.221 e. The van der Waals surface area contributed by atoms with E-state index < -0.39 is 0 Å². The summed E-state index contributed by atoms with van der Waals surface area (Å²) in [5.74, 6) is 1.37. The summed E-state index contributed by atoms with van der Waals surface area (Å²) in [6, 6.07) is 7.63. The Bertz CT molecular complexity index is 328. The number of hydrogen-bond donors (Lipinski definition) is 2. The number of carbonyl (C=O) groups excluding carboxylic acids is 1. The van der Waals surface area contributed by atoms with Gasteiger partial charge < -0.3 is 10.1 Å². The predicted molar refractivity (Wildman–Crippen MR) is 63.3 cm³/mol. The van der Waals surface area contributed by atoms with Gasteiger partial charge in [0, 0.05) is 18.5 Å². The van der Waals surface area contributed by atoms with Crippen LogP contribution in [0.1, 0.15) is 12.0 Å². The number of amides is 1. The van der Waals surface area contributed by atoms with E-state index in [0.717, 1.165) is 11.3 Å². The Morgan fingerprint density at radius 2 is 2.20 bits per heavy atom. The zero-order valence-corrected chi connectivity index (χ0v) is 9.59. The van der Waals surface area contributed by atoms with Gasteiger partial charge in [-0.1, -0.05) is 18.2 Å². The number of thiol groups is 1. The first-order chi connectivity index (χ1) is 7.27. The molecule has 0 saturated heterocycles. The maximum atomic E-state index is 11.2. The third-order valence-electron chi connectivity index (χ3n) is 2.01. The topological polar surface area (TPSA) is 38.3 Å². The first-order valence-electron chi connectivity index (χ1n) is 4.77. The molecule has 15 heavy (non-hydrogen) atoms. The number of ether oxygens (including phenoxy) is 1. The molecule has 0 aliphatic carbocycles. The average molecular weight is 225 g/mol. The minimum Gasteiger partial charge on any atom is -0.496 e. The van der Waals surface area contributed by atoms with E-state index in [-0.39, 0.29) is 5.91 Å². The summed E-state index contributed by atoms with van der Waals surface area (Å²) in [7, 11) is 1.62. The zero-order chi connectivity index (χ0) is 11.1. The Hall–Kier alpha value is -1.16. The second-order valence-electron chi connectivity index (χ2n) is 3.06. The highest BCUT2D eigenvalue weighted by Crippen LogP contribution is 2.16. The van der Waals surface area contributed by atoms with Crippen LogP contribution < -0.4 is 10.1 Å². The number of hydrogen-bond acceptors (Lipinski definition) is 3. The highest BCUT2D eigenvalue weighted by atomic mass is 32.1. The Balaban J connectivity index is 2.53. The van der Waals surface area contributed by atoms with E-state index in [1.54, 1.807) is 7.11 Å². The molecule has 0 aromatic heterocycles. The van der Waals surface area contributed by atoms with Crippen molar-refractivity contribution in [3.05, 3.63) is 29.8 Å². The molecule has 0 heterocycles. The Kier molecular flexibility index (Phi) is 5.04. The van der Waals surface area contributed by atoms with Crippen molar-refractivity contribution in [2.24, 2.45) is 0 Å². The van der Waals surface area contributed by atoms with Gasteiger partial charge >= 0.3 is 0 Å². The Morgan fingerprint density at radius 3 is 2.87 bits per heavy atom. The zero-order valence-electron chi connectivity index (χ0n) is 8.69. The third-order valence-corrected chi connectivity index (χ3v) is 2.23. The number of rotatable bonds is 5. The maximum absolute atomic E-state index is 11.2. The smallest absolute Gasteiger partial charge is 0.221 e. The molecule has 0 saturated carbocycles. The molecule has 0 atom stereocenters. The van der Waals surface area contributed by atoms with Gasteiger partial charge in [0.15, 0.2) is 0 Å². The van der Waals surface area contributed by atoms with Crippen LogP contribution in [0.2, 0.25) is 0 Å². The molecule has 0 aliphatic rings. The van der Waals surface area contributed by atoms with E-state index in [1.807, 2.05) is 24.3 Å². The van der Waals surface area contributed by atoms with Crippen molar-refractivity contribution in [1.29, 1.82) is 0 Å². The first kappa shape index (κ1) is 11.9. The van der Waals surface area contributed by atoms with Gasteiger partial charge in [-0.2, -0.15) is 12.6 Å². The molecule has 1 amide bonds. The molecule has 1 N–H and O–H groups in total. The highest BCUT2D eigenvalue weighted by molar-refractivity contribution is 7.80. The molecule has 0 bridgehead atoms. The van der Waals surface area contributed by atoms with Gasteiger partial charge in [0.25, 0.3) is 0 Å². The average Bonchev–Trinajstić information content (AvgIpc) is 2.27. The van der Waals surface area contributed by atoms with Crippen molar-refractivity contribution in [3.63, 3.8) is 0 Å². The van der Waals surface area contributed by atoms with Crippen LogP contribution in [0.4, 0.5) is 0 Å². The molecule has 4 heteroatoms. The van der Waals surface area contributed by atoms with Gasteiger partial charge in [-0.15, -0.1) is 0 Å². The van der Waals surface area contributed by atoms with Crippen LogP contribution in [0.5, 0.6) is 5.75 Å². The summed E-state index contributed by atoms with van der Waals surface area (Å²) in [4.78, 5) is 11.2. The van der Waals surface area contributed by atoms with Crippen LogP contribution in [0.3, 0.4) is 0 Å². The van der Waals surface area contributed by atoms with Crippen molar-refractivity contribution in [1.82, 2.24) is 5.32 Å². The standard InChI is InChI=1S/C11H15NO2S/c1-14-10-5-3-2-4-9(10)8-12-11(13)6-7-15/h2-5,15H,6-8H2,1H3,(H,12,13). The van der Waals surface area contributed by atoms with Crippen molar-refractivity contribution in [3.8, 4) is 5.75 Å². The van der Waals surface area contributed by atoms with Crippen molar-refractivity contribution in [2.75, 3.05) is 12.9 Å². The van der Waals surface area contributed by atoms with E-state index in [2.05, 4.69) is 17.9 Å². The summed E-state index contributed by atoms with van der Waals surface area (Å²) in [5, 5.41) is 2.81. The van der Waals surface area contributed by atoms with Crippen molar-refractivity contribution in [2.45, 2.75) is 13.0 Å². The van der Waals surface area contributed by atoms with E-state index in [9.17, 15) is 4.79 Å². The van der Waals surface area contributed by atoms with Crippen molar-refractivity contribution >= 4 is 18.5 Å². The summed E-state index contributed by atoms with van der Waals surface area (Å²) in [5.41, 5.74) is 0.979. The minimum atomic E-state index is 0.0101. The molecule has 0 fully saturated rings. The fourth-order valence-electron chi connectivity index (χ4n) is 1.23. The number of carbonyl (C=O) groups is 1. The van der Waals surface area contributed by atoms with E-state index in [0.29, 0.717) is 18.7 Å². The lowest BCUT2D eigenvalue weighted by molar-refractivity contribution is -0.120. The molecular formula is C11H15NO2S. The molecule has 0 aliphatic heterocycles. The van der Waals surface area contributed by atoms with Crippen molar-refractivity contribution < 1.29 is 9.53 Å². The van der Waals surface area contributed by atoms with Crippen LogP contribution in [0, 0.1) is 0 Å². The lowest BCUT2D eigenvalue weighted by Crippen LogP contribution is -2.23.